The van der Waals surface area contributed by atoms with Crippen molar-refractivity contribution in [2.75, 3.05) is 0 Å². The number of fused-ring (bicyclic) bond motifs is 1. The van der Waals surface area contributed by atoms with Gasteiger partial charge in [-0.1, -0.05) is 34.1 Å². The molecule has 0 bridgehead atoms. The highest BCUT2D eigenvalue weighted by Crippen LogP contribution is 2.20. The zero-order valence-electron chi connectivity index (χ0n) is 10.9. The molecule has 0 radical (unpaired) electrons. The van der Waals surface area contributed by atoms with E-state index in [2.05, 4.69) is 31.2 Å². The second-order valence-electron chi connectivity index (χ2n) is 4.37. The summed E-state index contributed by atoms with van der Waals surface area (Å²) in [6.45, 7) is 0. The van der Waals surface area contributed by atoms with E-state index >= 15 is 0 Å². The molecule has 2 heterocycles. The maximum Gasteiger partial charge on any atom is 0.346 e. The zero-order chi connectivity index (χ0) is 15.7. The number of rotatable bonds is 3. The molecule has 0 saturated heterocycles. The molecule has 0 atom stereocenters. The van der Waals surface area contributed by atoms with E-state index in [1.807, 2.05) is 24.3 Å². The maximum atomic E-state index is 11.8. The van der Waals surface area contributed by atoms with Crippen molar-refractivity contribution in [3.05, 3.63) is 66.7 Å². The number of H-pyrrole nitrogens is 1. The topological polar surface area (TPSA) is 106 Å². The minimum atomic E-state index is -0.812. The fourth-order valence-corrected chi connectivity index (χ4v) is 2.24. The number of aromatic nitrogens is 4. The number of benzene rings is 1. The summed E-state index contributed by atoms with van der Waals surface area (Å²) in [5.41, 5.74) is -0.231. The second kappa shape index (κ2) is 5.53. The third-order valence-electron chi connectivity index (χ3n) is 2.98. The minimum Gasteiger partial charge on any atom is -0.260 e. The fourth-order valence-electron chi connectivity index (χ4n) is 1.98. The lowest BCUT2D eigenvalue weighted by Crippen LogP contribution is -2.17. The van der Waals surface area contributed by atoms with Crippen molar-refractivity contribution in [3.8, 4) is 0 Å². The van der Waals surface area contributed by atoms with Crippen LogP contribution in [0.3, 0.4) is 0 Å². The van der Waals surface area contributed by atoms with Gasteiger partial charge in [0, 0.05) is 4.47 Å². The van der Waals surface area contributed by atoms with Crippen LogP contribution in [0.4, 0.5) is 5.69 Å². The summed E-state index contributed by atoms with van der Waals surface area (Å²) in [4.78, 5) is 22.3. The molecule has 3 rings (SSSR count). The summed E-state index contributed by atoms with van der Waals surface area (Å²) >= 11 is 3.33. The molecule has 9 heteroatoms. The monoisotopic (exact) mass is 361 g/mol. The van der Waals surface area contributed by atoms with E-state index in [1.165, 1.54) is 16.9 Å². The number of nitro groups is 1. The van der Waals surface area contributed by atoms with Crippen LogP contribution in [0.1, 0.15) is 11.1 Å². The fraction of sp³-hybridized carbons (Fsp3) is 0. The molecule has 0 amide bonds. The average Bonchev–Trinajstić information content (AvgIpc) is 2.93. The molecule has 2 aromatic heterocycles. The maximum absolute atomic E-state index is 11.8. The molecule has 8 nitrogen and oxygen atoms in total. The van der Waals surface area contributed by atoms with Crippen LogP contribution in [0.15, 0.2) is 39.9 Å². The van der Waals surface area contributed by atoms with Gasteiger partial charge < -0.3 is 0 Å². The van der Waals surface area contributed by atoms with E-state index in [0.717, 1.165) is 10.0 Å². The molecule has 0 unspecified atom stereocenters. The number of hydrogen-bond donors (Lipinski definition) is 1. The van der Waals surface area contributed by atoms with Crippen molar-refractivity contribution in [2.45, 2.75) is 0 Å². The SMILES string of the molecule is O=c1[nH]n2cnnc2c(C=Cc2ccc(Br)cc2)c1[N+](=O)[O-]. The van der Waals surface area contributed by atoms with Crippen LogP contribution in [0.25, 0.3) is 17.8 Å². The number of nitrogens with one attached hydrogen (secondary N) is 1. The van der Waals surface area contributed by atoms with E-state index in [0.29, 0.717) is 0 Å². The Morgan fingerprint density at radius 1 is 1.27 bits per heavy atom. The summed E-state index contributed by atoms with van der Waals surface area (Å²) < 4.78 is 2.17. The molecule has 110 valence electrons. The molecule has 0 fully saturated rings. The van der Waals surface area contributed by atoms with Crippen LogP contribution in [0.5, 0.6) is 0 Å². The lowest BCUT2D eigenvalue weighted by molar-refractivity contribution is -0.386. The van der Waals surface area contributed by atoms with Crippen molar-refractivity contribution in [1.29, 1.82) is 0 Å². The Labute approximate surface area is 131 Å². The lowest BCUT2D eigenvalue weighted by atomic mass is 10.1. The van der Waals surface area contributed by atoms with Gasteiger partial charge in [-0.2, -0.15) is 0 Å². The number of hydrogen-bond acceptors (Lipinski definition) is 5. The molecular formula is C13H8BrN5O3. The molecule has 0 aliphatic heterocycles. The zero-order valence-corrected chi connectivity index (χ0v) is 12.5. The summed E-state index contributed by atoms with van der Waals surface area (Å²) in [6, 6.07) is 7.36. The molecule has 0 spiro atoms. The summed E-state index contributed by atoms with van der Waals surface area (Å²) in [5.74, 6) is 0. The van der Waals surface area contributed by atoms with Crippen molar-refractivity contribution >= 4 is 39.4 Å². The van der Waals surface area contributed by atoms with Crippen molar-refractivity contribution in [2.24, 2.45) is 0 Å². The van der Waals surface area contributed by atoms with Crippen molar-refractivity contribution in [1.82, 2.24) is 19.8 Å². The van der Waals surface area contributed by atoms with Gasteiger partial charge in [0.05, 0.1) is 4.92 Å². The van der Waals surface area contributed by atoms with Crippen LogP contribution in [0, 0.1) is 10.1 Å². The van der Waals surface area contributed by atoms with Gasteiger partial charge >= 0.3 is 11.2 Å². The Kier molecular flexibility index (Phi) is 3.55. The van der Waals surface area contributed by atoms with Crippen molar-refractivity contribution < 1.29 is 4.92 Å². The Morgan fingerprint density at radius 2 is 2.00 bits per heavy atom. The van der Waals surface area contributed by atoms with E-state index in [9.17, 15) is 14.9 Å². The van der Waals surface area contributed by atoms with E-state index in [4.69, 9.17) is 0 Å². The molecule has 3 aromatic rings. The highest BCUT2D eigenvalue weighted by atomic mass is 79.9. The van der Waals surface area contributed by atoms with E-state index < -0.39 is 16.2 Å². The predicted octanol–water partition coefficient (Wildman–Crippen LogP) is 2.26. The van der Waals surface area contributed by atoms with Crippen LogP contribution >= 0.6 is 15.9 Å². The van der Waals surface area contributed by atoms with Gasteiger partial charge in [0.1, 0.15) is 11.9 Å². The highest BCUT2D eigenvalue weighted by Gasteiger charge is 2.22. The number of aromatic amines is 1. The van der Waals surface area contributed by atoms with Gasteiger partial charge in [-0.3, -0.25) is 20.0 Å². The number of halogens is 1. The minimum absolute atomic E-state index is 0.106. The third-order valence-corrected chi connectivity index (χ3v) is 3.50. The summed E-state index contributed by atoms with van der Waals surface area (Å²) in [6.07, 6.45) is 4.43. The van der Waals surface area contributed by atoms with Gasteiger partial charge in [0.2, 0.25) is 0 Å². The Balaban J connectivity index is 2.18. The standard InChI is InChI=1S/C13H8BrN5O3/c14-9-4-1-8(2-5-9)3-6-10-11(19(21)22)13(20)17-18-7-15-16-12(10)18/h1-7H,(H,17,20). The first kappa shape index (κ1) is 14.1. The third kappa shape index (κ3) is 2.53. The molecule has 1 N–H and O–H groups in total. The molecule has 1 aromatic carbocycles. The van der Waals surface area contributed by atoms with Gasteiger partial charge in [0.15, 0.2) is 5.65 Å². The Hall–Kier alpha value is -2.81. The van der Waals surface area contributed by atoms with Gasteiger partial charge in [0.25, 0.3) is 0 Å². The van der Waals surface area contributed by atoms with Gasteiger partial charge in [-0.05, 0) is 23.8 Å². The first-order valence-electron chi connectivity index (χ1n) is 6.10. The predicted molar refractivity (Wildman–Crippen MR) is 83.3 cm³/mol. The van der Waals surface area contributed by atoms with Gasteiger partial charge in [-0.15, -0.1) is 10.2 Å². The van der Waals surface area contributed by atoms with Crippen LogP contribution in [-0.4, -0.2) is 24.7 Å². The molecule has 0 saturated carbocycles. The number of nitrogens with zero attached hydrogens (tertiary/aromatic N) is 4. The normalized spacial score (nSPS) is 11.3. The second-order valence-corrected chi connectivity index (χ2v) is 5.29. The first-order valence-corrected chi connectivity index (χ1v) is 6.89. The Morgan fingerprint density at radius 3 is 2.68 bits per heavy atom. The summed E-state index contributed by atoms with van der Waals surface area (Å²) in [7, 11) is 0. The molecule has 0 aliphatic rings. The van der Waals surface area contributed by atoms with E-state index in [1.54, 1.807) is 6.08 Å². The lowest BCUT2D eigenvalue weighted by Gasteiger charge is -2.00. The van der Waals surface area contributed by atoms with Crippen molar-refractivity contribution in [3.63, 3.8) is 0 Å². The largest absolute Gasteiger partial charge is 0.346 e. The van der Waals surface area contributed by atoms with Crippen LogP contribution < -0.4 is 5.56 Å². The summed E-state index contributed by atoms with van der Waals surface area (Å²) in [5, 5.41) is 20.9. The van der Waals surface area contributed by atoms with E-state index in [-0.39, 0.29) is 11.2 Å². The molecule has 22 heavy (non-hydrogen) atoms. The van der Waals surface area contributed by atoms with Gasteiger partial charge in [-0.25, -0.2) is 4.52 Å². The molecule has 0 aliphatic carbocycles. The van der Waals surface area contributed by atoms with Crippen LogP contribution in [0.2, 0.25) is 0 Å². The smallest absolute Gasteiger partial charge is 0.260 e. The molecular weight excluding hydrogens is 354 g/mol. The quantitative estimate of drug-likeness (QED) is 0.568. The average molecular weight is 362 g/mol. The van der Waals surface area contributed by atoms with Crippen LogP contribution in [-0.2, 0) is 0 Å². The first-order chi connectivity index (χ1) is 10.6. The Bertz CT molecular complexity index is 942. The highest BCUT2D eigenvalue weighted by molar-refractivity contribution is 9.10.